The number of aromatic nitrogens is 2. The maximum absolute atomic E-state index is 10.3. The highest BCUT2D eigenvalue weighted by Crippen LogP contribution is 2.40. The van der Waals surface area contributed by atoms with Crippen LogP contribution in [0.3, 0.4) is 0 Å². The highest BCUT2D eigenvalue weighted by atomic mass is 32.1. The number of hydrogen-bond donors (Lipinski definition) is 1. The molecular formula is C14H8N2OS3. The molecule has 0 saturated carbocycles. The van der Waals surface area contributed by atoms with Crippen LogP contribution in [0.25, 0.3) is 32.0 Å². The summed E-state index contributed by atoms with van der Waals surface area (Å²) in [4.78, 5) is 10.8. The zero-order valence-electron chi connectivity index (χ0n) is 10.1. The molecular weight excluding hydrogens is 308 g/mol. The van der Waals surface area contributed by atoms with E-state index in [0.717, 1.165) is 26.2 Å². The molecule has 0 fully saturated rings. The van der Waals surface area contributed by atoms with Crippen LogP contribution >= 0.6 is 34.0 Å². The van der Waals surface area contributed by atoms with Gasteiger partial charge in [-0.25, -0.2) is 4.98 Å². The van der Waals surface area contributed by atoms with E-state index in [4.69, 9.17) is 0 Å². The van der Waals surface area contributed by atoms with Crippen LogP contribution in [0.15, 0.2) is 39.7 Å². The molecule has 4 aromatic heterocycles. The van der Waals surface area contributed by atoms with Gasteiger partial charge >= 0.3 is 0 Å². The Kier molecular flexibility index (Phi) is 2.80. The normalized spacial score (nSPS) is 11.2. The molecule has 0 radical (unpaired) electrons. The zero-order valence-corrected chi connectivity index (χ0v) is 12.6. The first-order chi connectivity index (χ1) is 9.83. The van der Waals surface area contributed by atoms with E-state index in [2.05, 4.69) is 9.97 Å². The van der Waals surface area contributed by atoms with Crippen LogP contribution in [-0.2, 0) is 0 Å². The van der Waals surface area contributed by atoms with E-state index in [0.29, 0.717) is 5.82 Å². The summed E-state index contributed by atoms with van der Waals surface area (Å²) in [5, 5.41) is 19.0. The van der Waals surface area contributed by atoms with Gasteiger partial charge in [0.05, 0.1) is 5.39 Å². The van der Waals surface area contributed by atoms with Gasteiger partial charge in [0.25, 0.3) is 0 Å². The van der Waals surface area contributed by atoms with Crippen molar-refractivity contribution < 1.29 is 5.11 Å². The average Bonchev–Trinajstić information content (AvgIpc) is 3.19. The standard InChI is InChI=1S/C14H8N2OS3/c17-13-11-9(10-2-1-4-19-10)7-20-14(11)16-12(15-13)8-3-5-18-6-8/h1-7H,(H,15,16,17). The maximum atomic E-state index is 10.3. The molecule has 0 bridgehead atoms. The Bertz CT molecular complexity index is 864. The molecule has 20 heavy (non-hydrogen) atoms. The molecule has 0 saturated heterocycles. The first-order valence-corrected chi connectivity index (χ1v) is 8.58. The van der Waals surface area contributed by atoms with Crippen LogP contribution in [0.5, 0.6) is 5.88 Å². The number of fused-ring (bicyclic) bond motifs is 1. The van der Waals surface area contributed by atoms with Gasteiger partial charge in [0.2, 0.25) is 5.88 Å². The summed E-state index contributed by atoms with van der Waals surface area (Å²) in [7, 11) is 0. The monoisotopic (exact) mass is 316 g/mol. The molecule has 4 rings (SSSR count). The molecule has 3 nitrogen and oxygen atoms in total. The minimum Gasteiger partial charge on any atom is -0.493 e. The highest BCUT2D eigenvalue weighted by molar-refractivity contribution is 7.18. The molecule has 0 aliphatic carbocycles. The van der Waals surface area contributed by atoms with Crippen LogP contribution in [-0.4, -0.2) is 15.1 Å². The van der Waals surface area contributed by atoms with E-state index in [1.54, 1.807) is 22.7 Å². The Labute approximate surface area is 126 Å². The third-order valence-electron chi connectivity index (χ3n) is 2.98. The maximum Gasteiger partial charge on any atom is 0.224 e. The van der Waals surface area contributed by atoms with Crippen LogP contribution in [0.1, 0.15) is 0 Å². The summed E-state index contributed by atoms with van der Waals surface area (Å²) in [5.41, 5.74) is 1.95. The van der Waals surface area contributed by atoms with Crippen molar-refractivity contribution in [2.75, 3.05) is 0 Å². The lowest BCUT2D eigenvalue weighted by molar-refractivity contribution is 0.460. The van der Waals surface area contributed by atoms with E-state index in [1.807, 2.05) is 39.7 Å². The third kappa shape index (κ3) is 1.84. The van der Waals surface area contributed by atoms with E-state index >= 15 is 0 Å². The summed E-state index contributed by atoms with van der Waals surface area (Å²) >= 11 is 4.78. The lowest BCUT2D eigenvalue weighted by Gasteiger charge is -2.01. The van der Waals surface area contributed by atoms with Crippen molar-refractivity contribution in [3.8, 4) is 27.7 Å². The molecule has 0 spiro atoms. The Morgan fingerprint density at radius 3 is 2.70 bits per heavy atom. The van der Waals surface area contributed by atoms with Gasteiger partial charge in [-0.15, -0.1) is 22.7 Å². The predicted molar refractivity (Wildman–Crippen MR) is 85.7 cm³/mol. The van der Waals surface area contributed by atoms with Gasteiger partial charge in [-0.2, -0.15) is 16.3 Å². The summed E-state index contributed by atoms with van der Waals surface area (Å²) in [6.07, 6.45) is 0. The molecule has 0 unspecified atom stereocenters. The fourth-order valence-electron chi connectivity index (χ4n) is 2.06. The highest BCUT2D eigenvalue weighted by Gasteiger charge is 2.16. The van der Waals surface area contributed by atoms with Gasteiger partial charge in [0.15, 0.2) is 5.82 Å². The van der Waals surface area contributed by atoms with Crippen molar-refractivity contribution in [3.63, 3.8) is 0 Å². The topological polar surface area (TPSA) is 46.0 Å². The van der Waals surface area contributed by atoms with Crippen molar-refractivity contribution in [3.05, 3.63) is 39.7 Å². The second kappa shape index (κ2) is 4.66. The summed E-state index contributed by atoms with van der Waals surface area (Å²) < 4.78 is 0. The van der Waals surface area contributed by atoms with Crippen molar-refractivity contribution in [1.29, 1.82) is 0 Å². The first-order valence-electron chi connectivity index (χ1n) is 5.87. The van der Waals surface area contributed by atoms with E-state index in [-0.39, 0.29) is 5.88 Å². The van der Waals surface area contributed by atoms with Crippen molar-refractivity contribution in [2.45, 2.75) is 0 Å². The SMILES string of the molecule is Oc1nc(-c2ccsc2)nc2scc(-c3cccs3)c12. The smallest absolute Gasteiger partial charge is 0.224 e. The Morgan fingerprint density at radius 1 is 1.00 bits per heavy atom. The molecule has 4 aromatic rings. The van der Waals surface area contributed by atoms with Crippen LogP contribution in [0.2, 0.25) is 0 Å². The van der Waals surface area contributed by atoms with E-state index < -0.39 is 0 Å². The number of thiophene rings is 3. The lowest BCUT2D eigenvalue weighted by Crippen LogP contribution is -1.88. The summed E-state index contributed by atoms with van der Waals surface area (Å²) in [6.45, 7) is 0. The molecule has 0 aromatic carbocycles. The second-order valence-corrected chi connectivity index (χ2v) is 6.78. The zero-order chi connectivity index (χ0) is 13.5. The average molecular weight is 316 g/mol. The Balaban J connectivity index is 1.96. The number of nitrogens with zero attached hydrogens (tertiary/aromatic N) is 2. The van der Waals surface area contributed by atoms with Crippen molar-refractivity contribution in [1.82, 2.24) is 9.97 Å². The van der Waals surface area contributed by atoms with Gasteiger partial charge < -0.3 is 5.11 Å². The molecule has 0 atom stereocenters. The molecule has 0 aliphatic heterocycles. The van der Waals surface area contributed by atoms with Gasteiger partial charge in [-0.1, -0.05) is 6.07 Å². The van der Waals surface area contributed by atoms with Gasteiger partial charge in [-0.3, -0.25) is 0 Å². The summed E-state index contributed by atoms with van der Waals surface area (Å²) in [5.74, 6) is 0.636. The van der Waals surface area contributed by atoms with Gasteiger partial charge in [-0.05, 0) is 22.9 Å². The van der Waals surface area contributed by atoms with Crippen molar-refractivity contribution >= 4 is 44.2 Å². The Hall–Kier alpha value is -1.76. The Morgan fingerprint density at radius 2 is 1.95 bits per heavy atom. The molecule has 6 heteroatoms. The lowest BCUT2D eigenvalue weighted by atomic mass is 10.2. The minimum atomic E-state index is 0.0563. The molecule has 98 valence electrons. The molecule has 4 heterocycles. The number of rotatable bonds is 2. The first kappa shape index (κ1) is 12.0. The van der Waals surface area contributed by atoms with Crippen LogP contribution in [0.4, 0.5) is 0 Å². The number of aromatic hydroxyl groups is 1. The fraction of sp³-hybridized carbons (Fsp3) is 0. The van der Waals surface area contributed by atoms with E-state index in [1.165, 1.54) is 11.3 Å². The summed E-state index contributed by atoms with van der Waals surface area (Å²) in [6, 6.07) is 6.00. The quantitative estimate of drug-likeness (QED) is 0.575. The molecule has 1 N–H and O–H groups in total. The molecule has 0 amide bonds. The van der Waals surface area contributed by atoms with Crippen molar-refractivity contribution in [2.24, 2.45) is 0 Å². The fourth-order valence-corrected chi connectivity index (χ4v) is 4.45. The minimum absolute atomic E-state index is 0.0563. The molecule has 0 aliphatic rings. The van der Waals surface area contributed by atoms with Gasteiger partial charge in [0, 0.05) is 26.8 Å². The van der Waals surface area contributed by atoms with E-state index in [9.17, 15) is 5.11 Å². The second-order valence-electron chi connectivity index (χ2n) is 4.19. The van der Waals surface area contributed by atoms with Crippen LogP contribution in [0, 0.1) is 0 Å². The third-order valence-corrected chi connectivity index (χ3v) is 5.44. The van der Waals surface area contributed by atoms with Gasteiger partial charge in [0.1, 0.15) is 4.83 Å². The predicted octanol–water partition coefficient (Wildman–Crippen LogP) is 4.85. The van der Waals surface area contributed by atoms with Crippen LogP contribution < -0.4 is 0 Å². The number of hydrogen-bond acceptors (Lipinski definition) is 6. The largest absolute Gasteiger partial charge is 0.493 e.